The molecule has 4 aromatic rings. The van der Waals surface area contributed by atoms with E-state index in [1.54, 1.807) is 33.7 Å². The zero-order valence-electron chi connectivity index (χ0n) is 18.3. The van der Waals surface area contributed by atoms with Crippen molar-refractivity contribution in [2.24, 2.45) is 0 Å². The van der Waals surface area contributed by atoms with E-state index in [0.717, 1.165) is 5.75 Å². The third kappa shape index (κ3) is 3.89. The summed E-state index contributed by atoms with van der Waals surface area (Å²) in [5, 5.41) is 0.512. The number of benzene rings is 2. The summed E-state index contributed by atoms with van der Waals surface area (Å²) >= 11 is 0. The minimum absolute atomic E-state index is 0.192. The lowest BCUT2D eigenvalue weighted by Gasteiger charge is -2.29. The summed E-state index contributed by atoms with van der Waals surface area (Å²) in [7, 11) is 0. The zero-order valence-corrected chi connectivity index (χ0v) is 18.3. The van der Waals surface area contributed by atoms with Gasteiger partial charge in [0.2, 0.25) is 0 Å². The Morgan fingerprint density at radius 1 is 1.09 bits per heavy atom. The maximum atomic E-state index is 13.5. The largest absolute Gasteiger partial charge is 0.494 e. The highest BCUT2D eigenvalue weighted by atomic mass is 16.5. The molecule has 4 rings (SSSR count). The van der Waals surface area contributed by atoms with E-state index in [2.05, 4.69) is 0 Å². The molecule has 32 heavy (non-hydrogen) atoms. The molecule has 0 aliphatic carbocycles. The molecule has 2 heterocycles. The molecule has 1 amide bonds. The molecule has 0 aliphatic heterocycles. The first-order valence-electron chi connectivity index (χ1n) is 10.6. The fraction of sp³-hybridized carbons (Fsp3) is 0.240. The standard InChI is InChI=1S/C25H25N3O4/c1-4-27(25(30)22-11-8-16-32-22)17(3)23-26-21-10-7-6-9-20(21)24(29)28(23)18-12-14-19(15-13-18)31-5-2/h6-17H,4-5H2,1-3H3. The van der Waals surface area contributed by atoms with Crippen LogP contribution >= 0.6 is 0 Å². The van der Waals surface area contributed by atoms with Crippen molar-refractivity contribution in [1.82, 2.24) is 14.5 Å². The number of carbonyl (C=O) groups is 1. The molecule has 2 aromatic heterocycles. The number of nitrogens with zero attached hydrogens (tertiary/aromatic N) is 3. The number of rotatable bonds is 7. The van der Waals surface area contributed by atoms with E-state index >= 15 is 0 Å². The topological polar surface area (TPSA) is 77.6 Å². The van der Waals surface area contributed by atoms with Gasteiger partial charge in [0.25, 0.3) is 11.5 Å². The van der Waals surface area contributed by atoms with Crippen molar-refractivity contribution in [3.63, 3.8) is 0 Å². The molecular formula is C25H25N3O4. The number of furan rings is 1. The van der Waals surface area contributed by atoms with Crippen LogP contribution in [0.1, 0.15) is 43.2 Å². The summed E-state index contributed by atoms with van der Waals surface area (Å²) in [6.45, 7) is 6.65. The number of hydrogen-bond acceptors (Lipinski definition) is 5. The van der Waals surface area contributed by atoms with Crippen molar-refractivity contribution < 1.29 is 13.9 Å². The van der Waals surface area contributed by atoms with Gasteiger partial charge in [-0.05, 0) is 69.3 Å². The first-order chi connectivity index (χ1) is 15.5. The van der Waals surface area contributed by atoms with Gasteiger partial charge in [-0.3, -0.25) is 14.2 Å². The van der Waals surface area contributed by atoms with Crippen LogP contribution in [0.3, 0.4) is 0 Å². The van der Waals surface area contributed by atoms with Crippen LogP contribution in [0.2, 0.25) is 0 Å². The predicted octanol–water partition coefficient (Wildman–Crippen LogP) is 4.60. The second-order valence-corrected chi connectivity index (χ2v) is 7.30. The molecule has 0 N–H and O–H groups in total. The average Bonchev–Trinajstić information content (AvgIpc) is 3.35. The first-order valence-corrected chi connectivity index (χ1v) is 10.6. The lowest BCUT2D eigenvalue weighted by molar-refractivity contribution is 0.0660. The quantitative estimate of drug-likeness (QED) is 0.427. The summed E-state index contributed by atoms with van der Waals surface area (Å²) in [5.41, 5.74) is 1.05. The van der Waals surface area contributed by atoms with Gasteiger partial charge in [-0.25, -0.2) is 4.98 Å². The monoisotopic (exact) mass is 431 g/mol. The number of para-hydroxylation sites is 1. The van der Waals surface area contributed by atoms with Gasteiger partial charge in [-0.2, -0.15) is 0 Å². The normalized spacial score (nSPS) is 12.0. The number of carbonyl (C=O) groups excluding carboxylic acids is 1. The van der Waals surface area contributed by atoms with Crippen molar-refractivity contribution in [3.05, 3.63) is 88.9 Å². The summed E-state index contributed by atoms with van der Waals surface area (Å²) in [6, 6.07) is 17.3. The van der Waals surface area contributed by atoms with Gasteiger partial charge in [0, 0.05) is 6.54 Å². The van der Waals surface area contributed by atoms with Crippen LogP contribution in [0.5, 0.6) is 5.75 Å². The van der Waals surface area contributed by atoms with Gasteiger partial charge in [-0.15, -0.1) is 0 Å². The third-order valence-electron chi connectivity index (χ3n) is 5.38. The van der Waals surface area contributed by atoms with Crippen LogP contribution in [0.15, 0.2) is 76.1 Å². The van der Waals surface area contributed by atoms with Crippen molar-refractivity contribution in [2.75, 3.05) is 13.2 Å². The summed E-state index contributed by atoms with van der Waals surface area (Å²) < 4.78 is 12.4. The van der Waals surface area contributed by atoms with Gasteiger partial charge >= 0.3 is 0 Å². The average molecular weight is 431 g/mol. The fourth-order valence-electron chi connectivity index (χ4n) is 3.81. The van der Waals surface area contributed by atoms with E-state index in [4.69, 9.17) is 14.1 Å². The second kappa shape index (κ2) is 9.09. The Balaban J connectivity index is 1.88. The van der Waals surface area contributed by atoms with Crippen molar-refractivity contribution in [3.8, 4) is 11.4 Å². The van der Waals surface area contributed by atoms with Crippen LogP contribution in [0.4, 0.5) is 0 Å². The summed E-state index contributed by atoms with van der Waals surface area (Å²) in [5.74, 6) is 1.18. The maximum absolute atomic E-state index is 13.5. The second-order valence-electron chi connectivity index (χ2n) is 7.30. The van der Waals surface area contributed by atoms with Crippen LogP contribution in [-0.4, -0.2) is 33.5 Å². The highest BCUT2D eigenvalue weighted by molar-refractivity contribution is 5.91. The molecule has 164 valence electrons. The summed E-state index contributed by atoms with van der Waals surface area (Å²) in [6.07, 6.45) is 1.47. The molecule has 0 spiro atoms. The molecule has 0 saturated carbocycles. The van der Waals surface area contributed by atoms with E-state index in [-0.39, 0.29) is 17.2 Å². The molecule has 0 saturated heterocycles. The number of hydrogen-bond donors (Lipinski definition) is 0. The van der Waals surface area contributed by atoms with E-state index in [1.165, 1.54) is 6.26 Å². The highest BCUT2D eigenvalue weighted by Gasteiger charge is 2.27. The molecular weight excluding hydrogens is 406 g/mol. The fourth-order valence-corrected chi connectivity index (χ4v) is 3.81. The molecule has 7 heteroatoms. The number of fused-ring (bicyclic) bond motifs is 1. The Labute approximate surface area is 185 Å². The summed E-state index contributed by atoms with van der Waals surface area (Å²) in [4.78, 5) is 33.1. The predicted molar refractivity (Wildman–Crippen MR) is 122 cm³/mol. The van der Waals surface area contributed by atoms with Gasteiger partial charge in [0.05, 0.1) is 35.5 Å². The molecule has 7 nitrogen and oxygen atoms in total. The number of amides is 1. The SMILES string of the molecule is CCOc1ccc(-n2c(C(C)N(CC)C(=O)c3ccco3)nc3ccccc3c2=O)cc1. The maximum Gasteiger partial charge on any atom is 0.290 e. The van der Waals surface area contributed by atoms with E-state index in [0.29, 0.717) is 35.6 Å². The van der Waals surface area contributed by atoms with Crippen LogP contribution in [0.25, 0.3) is 16.6 Å². The first kappa shape index (κ1) is 21.4. The molecule has 0 aliphatic rings. The van der Waals surface area contributed by atoms with Crippen LogP contribution < -0.4 is 10.3 Å². The molecule has 1 atom stereocenters. The van der Waals surface area contributed by atoms with Crippen LogP contribution in [-0.2, 0) is 0 Å². The lowest BCUT2D eigenvalue weighted by atomic mass is 10.1. The van der Waals surface area contributed by atoms with E-state index in [1.807, 2.05) is 57.2 Å². The lowest BCUT2D eigenvalue weighted by Crippen LogP contribution is -2.37. The Morgan fingerprint density at radius 2 is 1.84 bits per heavy atom. The van der Waals surface area contributed by atoms with E-state index in [9.17, 15) is 9.59 Å². The Hall–Kier alpha value is -3.87. The molecule has 1 unspecified atom stereocenters. The third-order valence-corrected chi connectivity index (χ3v) is 5.38. The van der Waals surface area contributed by atoms with Gasteiger partial charge in [0.1, 0.15) is 11.6 Å². The minimum Gasteiger partial charge on any atom is -0.494 e. The Morgan fingerprint density at radius 3 is 2.50 bits per heavy atom. The molecule has 0 fully saturated rings. The number of aromatic nitrogens is 2. The van der Waals surface area contributed by atoms with Crippen molar-refractivity contribution >= 4 is 16.8 Å². The zero-order chi connectivity index (χ0) is 22.7. The van der Waals surface area contributed by atoms with Crippen LogP contribution in [0, 0.1) is 0 Å². The van der Waals surface area contributed by atoms with Gasteiger partial charge < -0.3 is 14.1 Å². The van der Waals surface area contributed by atoms with Crippen molar-refractivity contribution in [2.45, 2.75) is 26.8 Å². The molecule has 2 aromatic carbocycles. The molecule has 0 radical (unpaired) electrons. The minimum atomic E-state index is -0.485. The van der Waals surface area contributed by atoms with Gasteiger partial charge in [0.15, 0.2) is 5.76 Å². The Bertz CT molecular complexity index is 1280. The van der Waals surface area contributed by atoms with E-state index < -0.39 is 6.04 Å². The number of ether oxygens (including phenoxy) is 1. The molecule has 0 bridgehead atoms. The smallest absolute Gasteiger partial charge is 0.290 e. The van der Waals surface area contributed by atoms with Gasteiger partial charge in [-0.1, -0.05) is 12.1 Å². The van der Waals surface area contributed by atoms with Crippen molar-refractivity contribution in [1.29, 1.82) is 0 Å². The Kier molecular flexibility index (Phi) is 6.07. The highest BCUT2D eigenvalue weighted by Crippen LogP contribution is 2.25.